The van der Waals surface area contributed by atoms with Crippen molar-refractivity contribution in [1.82, 2.24) is 15.0 Å². The largest absolute Gasteiger partial charge is 0.463 e. The van der Waals surface area contributed by atoms with E-state index in [0.717, 1.165) is 18.6 Å². The molecule has 2 rings (SSSR count). The SMILES string of the molecule is CCCOc1nc(NCC)nc(-c2ccc(F)c(F)c2)n1. The molecule has 0 aliphatic carbocycles. The van der Waals surface area contributed by atoms with Gasteiger partial charge in [0.2, 0.25) is 5.95 Å². The summed E-state index contributed by atoms with van der Waals surface area (Å²) >= 11 is 0. The molecule has 7 heteroatoms. The molecule has 1 aromatic carbocycles. The van der Waals surface area contributed by atoms with Gasteiger partial charge in [-0.1, -0.05) is 6.92 Å². The van der Waals surface area contributed by atoms with Crippen LogP contribution in [0.1, 0.15) is 20.3 Å². The smallest absolute Gasteiger partial charge is 0.321 e. The Labute approximate surface area is 121 Å². The summed E-state index contributed by atoms with van der Waals surface area (Å²) in [7, 11) is 0. The normalized spacial score (nSPS) is 10.5. The van der Waals surface area contributed by atoms with E-state index in [1.54, 1.807) is 0 Å². The second kappa shape index (κ2) is 6.92. The molecule has 0 unspecified atom stereocenters. The topological polar surface area (TPSA) is 59.9 Å². The Morgan fingerprint density at radius 2 is 1.90 bits per heavy atom. The molecule has 0 aliphatic heterocycles. The molecule has 1 aromatic heterocycles. The third-order valence-electron chi connectivity index (χ3n) is 2.56. The van der Waals surface area contributed by atoms with Crippen molar-refractivity contribution in [2.45, 2.75) is 20.3 Å². The van der Waals surface area contributed by atoms with Gasteiger partial charge in [-0.25, -0.2) is 8.78 Å². The van der Waals surface area contributed by atoms with Gasteiger partial charge in [-0.3, -0.25) is 0 Å². The first-order chi connectivity index (χ1) is 10.1. The summed E-state index contributed by atoms with van der Waals surface area (Å²) in [6, 6.07) is 3.65. The van der Waals surface area contributed by atoms with Gasteiger partial charge in [0.05, 0.1) is 6.61 Å². The molecule has 0 spiro atoms. The van der Waals surface area contributed by atoms with E-state index in [1.165, 1.54) is 6.07 Å². The van der Waals surface area contributed by atoms with Crippen molar-refractivity contribution >= 4 is 5.95 Å². The highest BCUT2D eigenvalue weighted by Gasteiger charge is 2.11. The number of hydrogen-bond donors (Lipinski definition) is 1. The van der Waals surface area contributed by atoms with Crippen LogP contribution in [0.5, 0.6) is 6.01 Å². The lowest BCUT2D eigenvalue weighted by molar-refractivity contribution is 0.292. The fourth-order valence-electron chi connectivity index (χ4n) is 1.62. The van der Waals surface area contributed by atoms with Crippen molar-refractivity contribution < 1.29 is 13.5 Å². The Morgan fingerprint density at radius 3 is 2.57 bits per heavy atom. The van der Waals surface area contributed by atoms with E-state index < -0.39 is 11.6 Å². The number of ether oxygens (including phenoxy) is 1. The fraction of sp³-hybridized carbons (Fsp3) is 0.357. The van der Waals surface area contributed by atoms with Gasteiger partial charge < -0.3 is 10.1 Å². The predicted octanol–water partition coefficient (Wildman–Crippen LogP) is 3.04. The van der Waals surface area contributed by atoms with Crippen LogP contribution in [-0.4, -0.2) is 28.1 Å². The van der Waals surface area contributed by atoms with Crippen molar-refractivity contribution in [2.75, 3.05) is 18.5 Å². The lowest BCUT2D eigenvalue weighted by Crippen LogP contribution is -2.08. The minimum Gasteiger partial charge on any atom is -0.463 e. The van der Waals surface area contributed by atoms with Gasteiger partial charge in [-0.05, 0) is 31.5 Å². The molecule has 0 saturated carbocycles. The molecular formula is C14H16F2N4O. The van der Waals surface area contributed by atoms with Crippen molar-refractivity contribution in [3.63, 3.8) is 0 Å². The third-order valence-corrected chi connectivity index (χ3v) is 2.56. The van der Waals surface area contributed by atoms with Gasteiger partial charge in [0.25, 0.3) is 0 Å². The second-order valence-electron chi connectivity index (χ2n) is 4.27. The predicted molar refractivity (Wildman–Crippen MR) is 75.1 cm³/mol. The molecule has 1 N–H and O–H groups in total. The summed E-state index contributed by atoms with van der Waals surface area (Å²) in [6.45, 7) is 4.94. The lowest BCUT2D eigenvalue weighted by atomic mass is 10.2. The van der Waals surface area contributed by atoms with Crippen LogP contribution in [0.4, 0.5) is 14.7 Å². The standard InChI is InChI=1S/C14H16F2N4O/c1-3-7-21-14-19-12(18-13(20-14)17-4-2)9-5-6-10(15)11(16)8-9/h5-6,8H,3-4,7H2,1-2H3,(H,17,18,19,20). The molecule has 0 fully saturated rings. The highest BCUT2D eigenvalue weighted by atomic mass is 19.2. The molecular weight excluding hydrogens is 278 g/mol. The van der Waals surface area contributed by atoms with Crippen LogP contribution in [0, 0.1) is 11.6 Å². The number of halogens is 2. The van der Waals surface area contributed by atoms with Crippen molar-refractivity contribution in [2.24, 2.45) is 0 Å². The molecule has 0 amide bonds. The first-order valence-electron chi connectivity index (χ1n) is 6.72. The zero-order chi connectivity index (χ0) is 15.2. The molecule has 5 nitrogen and oxygen atoms in total. The monoisotopic (exact) mass is 294 g/mol. The summed E-state index contributed by atoms with van der Waals surface area (Å²) in [5.74, 6) is -1.31. The maximum atomic E-state index is 13.3. The zero-order valence-corrected chi connectivity index (χ0v) is 11.9. The Balaban J connectivity index is 2.40. The number of hydrogen-bond acceptors (Lipinski definition) is 5. The van der Waals surface area contributed by atoms with Crippen LogP contribution < -0.4 is 10.1 Å². The van der Waals surface area contributed by atoms with Crippen LogP contribution in [0.3, 0.4) is 0 Å². The van der Waals surface area contributed by atoms with Crippen LogP contribution in [0.2, 0.25) is 0 Å². The molecule has 0 aliphatic rings. The third kappa shape index (κ3) is 3.84. The molecule has 112 valence electrons. The number of nitrogens with one attached hydrogen (secondary N) is 1. The Morgan fingerprint density at radius 1 is 1.10 bits per heavy atom. The average molecular weight is 294 g/mol. The van der Waals surface area contributed by atoms with Crippen molar-refractivity contribution in [3.8, 4) is 17.4 Å². The zero-order valence-electron chi connectivity index (χ0n) is 11.9. The van der Waals surface area contributed by atoms with Crippen molar-refractivity contribution in [1.29, 1.82) is 0 Å². The highest BCUT2D eigenvalue weighted by Crippen LogP contribution is 2.21. The molecule has 0 radical (unpaired) electrons. The van der Waals surface area contributed by atoms with Crippen LogP contribution in [-0.2, 0) is 0 Å². The quantitative estimate of drug-likeness (QED) is 0.887. The van der Waals surface area contributed by atoms with Gasteiger partial charge in [-0.15, -0.1) is 0 Å². The van der Waals surface area contributed by atoms with Gasteiger partial charge in [-0.2, -0.15) is 15.0 Å². The van der Waals surface area contributed by atoms with E-state index in [9.17, 15) is 8.78 Å². The molecule has 0 saturated heterocycles. The Kier molecular flexibility index (Phi) is 4.97. The fourth-order valence-corrected chi connectivity index (χ4v) is 1.62. The van der Waals surface area contributed by atoms with E-state index in [1.807, 2.05) is 13.8 Å². The van der Waals surface area contributed by atoms with E-state index in [0.29, 0.717) is 24.7 Å². The lowest BCUT2D eigenvalue weighted by Gasteiger charge is -2.08. The van der Waals surface area contributed by atoms with E-state index in [-0.39, 0.29) is 11.8 Å². The minimum atomic E-state index is -0.950. The number of nitrogens with zero attached hydrogens (tertiary/aromatic N) is 3. The average Bonchev–Trinajstić information content (AvgIpc) is 2.48. The van der Waals surface area contributed by atoms with Crippen LogP contribution in [0.25, 0.3) is 11.4 Å². The van der Waals surface area contributed by atoms with Crippen LogP contribution >= 0.6 is 0 Å². The number of anilines is 1. The number of benzene rings is 1. The van der Waals surface area contributed by atoms with Crippen molar-refractivity contribution in [3.05, 3.63) is 29.8 Å². The van der Waals surface area contributed by atoms with Crippen LogP contribution in [0.15, 0.2) is 18.2 Å². The first-order valence-corrected chi connectivity index (χ1v) is 6.72. The maximum absolute atomic E-state index is 13.3. The second-order valence-corrected chi connectivity index (χ2v) is 4.27. The summed E-state index contributed by atoms with van der Waals surface area (Å²) in [4.78, 5) is 12.4. The maximum Gasteiger partial charge on any atom is 0.321 e. The Bertz CT molecular complexity index is 622. The summed E-state index contributed by atoms with van der Waals surface area (Å²) in [5, 5.41) is 2.95. The van der Waals surface area contributed by atoms with E-state index in [2.05, 4.69) is 20.3 Å². The molecule has 0 atom stereocenters. The summed E-state index contributed by atoms with van der Waals surface area (Å²) in [6.07, 6.45) is 0.808. The van der Waals surface area contributed by atoms with E-state index >= 15 is 0 Å². The van der Waals surface area contributed by atoms with Gasteiger partial charge in [0, 0.05) is 12.1 Å². The summed E-state index contributed by atoms with van der Waals surface area (Å²) < 4.78 is 31.7. The molecule has 0 bridgehead atoms. The highest BCUT2D eigenvalue weighted by molar-refractivity contribution is 5.56. The van der Waals surface area contributed by atoms with Gasteiger partial charge in [0.15, 0.2) is 17.5 Å². The first kappa shape index (κ1) is 15.1. The van der Waals surface area contributed by atoms with E-state index in [4.69, 9.17) is 4.74 Å². The summed E-state index contributed by atoms with van der Waals surface area (Å²) in [5.41, 5.74) is 0.358. The molecule has 21 heavy (non-hydrogen) atoms. The number of aromatic nitrogens is 3. The number of rotatable bonds is 6. The minimum absolute atomic E-state index is 0.155. The van der Waals surface area contributed by atoms with Gasteiger partial charge >= 0.3 is 6.01 Å². The molecule has 2 aromatic rings. The Hall–Kier alpha value is -2.31. The molecule has 1 heterocycles. The van der Waals surface area contributed by atoms with Gasteiger partial charge in [0.1, 0.15) is 0 Å².